The molecule has 0 bridgehead atoms. The summed E-state index contributed by atoms with van der Waals surface area (Å²) in [6.07, 6.45) is 4.89. The average molecular weight is 300 g/mol. The first-order valence-electron chi connectivity index (χ1n) is 7.03. The van der Waals surface area contributed by atoms with Crippen molar-refractivity contribution in [2.45, 2.75) is 6.54 Å². The molecule has 0 unspecified atom stereocenters. The van der Waals surface area contributed by atoms with Gasteiger partial charge in [-0.25, -0.2) is 9.97 Å². The Kier molecular flexibility index (Phi) is 5.79. The van der Waals surface area contributed by atoms with E-state index in [1.807, 2.05) is 31.1 Å². The number of hydrogen-bond donors (Lipinski definition) is 2. The van der Waals surface area contributed by atoms with E-state index in [-0.39, 0.29) is 5.91 Å². The summed E-state index contributed by atoms with van der Waals surface area (Å²) in [6, 6.07) is 5.48. The third kappa shape index (κ3) is 5.10. The van der Waals surface area contributed by atoms with Gasteiger partial charge in [-0.15, -0.1) is 0 Å². The van der Waals surface area contributed by atoms with Crippen molar-refractivity contribution in [1.29, 1.82) is 0 Å². The second kappa shape index (κ2) is 8.04. The molecule has 2 heterocycles. The summed E-state index contributed by atoms with van der Waals surface area (Å²) in [5, 5.41) is 5.97. The van der Waals surface area contributed by atoms with Crippen LogP contribution in [0.1, 0.15) is 16.1 Å². The molecule has 0 saturated heterocycles. The van der Waals surface area contributed by atoms with Crippen LogP contribution < -0.4 is 10.6 Å². The van der Waals surface area contributed by atoms with Crippen LogP contribution in [0.2, 0.25) is 0 Å². The minimum absolute atomic E-state index is 0.200. The number of aromatic nitrogens is 3. The number of nitrogens with one attached hydrogen (secondary N) is 2. The summed E-state index contributed by atoms with van der Waals surface area (Å²) in [4.78, 5) is 26.2. The number of anilines is 1. The number of amides is 1. The molecule has 0 aliphatic rings. The predicted molar refractivity (Wildman–Crippen MR) is 84.5 cm³/mol. The van der Waals surface area contributed by atoms with Crippen molar-refractivity contribution in [2.24, 2.45) is 0 Å². The lowest BCUT2D eigenvalue weighted by molar-refractivity contribution is 0.0946. The molecule has 2 aromatic heterocycles. The van der Waals surface area contributed by atoms with Crippen molar-refractivity contribution in [2.75, 3.05) is 32.5 Å². The molecule has 2 aromatic rings. The van der Waals surface area contributed by atoms with Gasteiger partial charge in [-0.1, -0.05) is 6.07 Å². The molecule has 7 heteroatoms. The summed E-state index contributed by atoms with van der Waals surface area (Å²) in [7, 11) is 3.91. The van der Waals surface area contributed by atoms with E-state index in [1.165, 1.54) is 6.33 Å². The highest BCUT2D eigenvalue weighted by Crippen LogP contribution is 2.06. The zero-order chi connectivity index (χ0) is 15.8. The van der Waals surface area contributed by atoms with E-state index in [0.29, 0.717) is 24.6 Å². The summed E-state index contributed by atoms with van der Waals surface area (Å²) in [6.45, 7) is 1.95. The normalized spacial score (nSPS) is 10.5. The number of carbonyl (C=O) groups is 1. The molecule has 0 fully saturated rings. The molecule has 0 aliphatic heterocycles. The van der Waals surface area contributed by atoms with Crippen molar-refractivity contribution in [3.63, 3.8) is 0 Å². The van der Waals surface area contributed by atoms with E-state index >= 15 is 0 Å². The Morgan fingerprint density at radius 1 is 1.32 bits per heavy atom. The molecule has 116 valence electrons. The van der Waals surface area contributed by atoms with Gasteiger partial charge in [0.1, 0.15) is 17.8 Å². The number of pyridine rings is 1. The highest BCUT2D eigenvalue weighted by atomic mass is 16.1. The summed E-state index contributed by atoms with van der Waals surface area (Å²) in [5.41, 5.74) is 1.39. The van der Waals surface area contributed by atoms with E-state index in [2.05, 4.69) is 25.6 Å². The van der Waals surface area contributed by atoms with E-state index in [1.54, 1.807) is 18.5 Å². The fourth-order valence-corrected chi connectivity index (χ4v) is 1.76. The maximum absolute atomic E-state index is 12.0. The van der Waals surface area contributed by atoms with Gasteiger partial charge in [0.15, 0.2) is 0 Å². The number of hydrogen-bond acceptors (Lipinski definition) is 6. The largest absolute Gasteiger partial charge is 0.366 e. The highest BCUT2D eigenvalue weighted by molar-refractivity contribution is 5.92. The van der Waals surface area contributed by atoms with Crippen LogP contribution >= 0.6 is 0 Å². The monoisotopic (exact) mass is 300 g/mol. The number of rotatable bonds is 7. The molecule has 22 heavy (non-hydrogen) atoms. The fraction of sp³-hybridized carbons (Fsp3) is 0.333. The molecule has 0 spiro atoms. The Bertz CT molecular complexity index is 602. The Balaban J connectivity index is 1.90. The van der Waals surface area contributed by atoms with Crippen molar-refractivity contribution in [1.82, 2.24) is 25.2 Å². The first kappa shape index (κ1) is 15.8. The first-order chi connectivity index (χ1) is 10.6. The van der Waals surface area contributed by atoms with E-state index in [0.717, 1.165) is 12.1 Å². The molecular weight excluding hydrogens is 280 g/mol. The van der Waals surface area contributed by atoms with E-state index < -0.39 is 0 Å². The molecule has 0 atom stereocenters. The lowest BCUT2D eigenvalue weighted by Crippen LogP contribution is -2.31. The lowest BCUT2D eigenvalue weighted by Gasteiger charge is -2.10. The Labute approximate surface area is 129 Å². The SMILES string of the molecule is CN(C)CCNC(=O)c1cc(NCc2cccnc2)ncn1. The molecule has 0 saturated carbocycles. The van der Waals surface area contributed by atoms with Crippen LogP contribution in [-0.2, 0) is 6.54 Å². The Morgan fingerprint density at radius 3 is 2.91 bits per heavy atom. The van der Waals surface area contributed by atoms with Crippen LogP contribution in [-0.4, -0.2) is 52.9 Å². The molecule has 2 N–H and O–H groups in total. The average Bonchev–Trinajstić information content (AvgIpc) is 2.54. The minimum Gasteiger partial charge on any atom is -0.366 e. The number of carbonyl (C=O) groups excluding carboxylic acids is 1. The third-order valence-electron chi connectivity index (χ3n) is 2.94. The van der Waals surface area contributed by atoms with Crippen LogP contribution in [0.3, 0.4) is 0 Å². The molecule has 0 aliphatic carbocycles. The van der Waals surface area contributed by atoms with Gasteiger partial charge < -0.3 is 15.5 Å². The second-order valence-corrected chi connectivity index (χ2v) is 5.06. The summed E-state index contributed by atoms with van der Waals surface area (Å²) >= 11 is 0. The van der Waals surface area contributed by atoms with Crippen molar-refractivity contribution in [3.05, 3.63) is 48.2 Å². The maximum atomic E-state index is 12.0. The van der Waals surface area contributed by atoms with Gasteiger partial charge in [0, 0.05) is 38.1 Å². The van der Waals surface area contributed by atoms with Crippen molar-refractivity contribution < 1.29 is 4.79 Å². The second-order valence-electron chi connectivity index (χ2n) is 5.06. The van der Waals surface area contributed by atoms with Crippen LogP contribution in [0.4, 0.5) is 5.82 Å². The van der Waals surface area contributed by atoms with Crippen molar-refractivity contribution >= 4 is 11.7 Å². The third-order valence-corrected chi connectivity index (χ3v) is 2.94. The van der Waals surface area contributed by atoms with Gasteiger partial charge in [-0.3, -0.25) is 9.78 Å². The zero-order valence-corrected chi connectivity index (χ0v) is 12.8. The van der Waals surface area contributed by atoms with Gasteiger partial charge in [0.25, 0.3) is 5.91 Å². The molecule has 2 rings (SSSR count). The van der Waals surface area contributed by atoms with Gasteiger partial charge in [-0.05, 0) is 25.7 Å². The van der Waals surface area contributed by atoms with Gasteiger partial charge in [0.2, 0.25) is 0 Å². The number of likely N-dealkylation sites (N-methyl/N-ethyl adjacent to an activating group) is 1. The standard InChI is InChI=1S/C15H20N6O/c1-21(2)7-6-17-15(22)13-8-14(20-11-19-13)18-10-12-4-3-5-16-9-12/h3-5,8-9,11H,6-7,10H2,1-2H3,(H,17,22)(H,18,19,20). The summed E-state index contributed by atoms with van der Waals surface area (Å²) < 4.78 is 0. The van der Waals surface area contributed by atoms with Crippen LogP contribution in [0.5, 0.6) is 0 Å². The maximum Gasteiger partial charge on any atom is 0.270 e. The summed E-state index contributed by atoms with van der Waals surface area (Å²) in [5.74, 6) is 0.408. The Morgan fingerprint density at radius 2 is 2.18 bits per heavy atom. The highest BCUT2D eigenvalue weighted by Gasteiger charge is 2.08. The predicted octanol–water partition coefficient (Wildman–Crippen LogP) is 0.775. The number of nitrogens with zero attached hydrogens (tertiary/aromatic N) is 4. The van der Waals surface area contributed by atoms with Crippen molar-refractivity contribution in [3.8, 4) is 0 Å². The van der Waals surface area contributed by atoms with Crippen LogP contribution in [0.25, 0.3) is 0 Å². The van der Waals surface area contributed by atoms with Gasteiger partial charge in [-0.2, -0.15) is 0 Å². The lowest BCUT2D eigenvalue weighted by atomic mass is 10.3. The molecule has 0 radical (unpaired) electrons. The molecule has 1 amide bonds. The zero-order valence-electron chi connectivity index (χ0n) is 12.8. The topological polar surface area (TPSA) is 83.0 Å². The smallest absolute Gasteiger partial charge is 0.270 e. The van der Waals surface area contributed by atoms with Gasteiger partial charge >= 0.3 is 0 Å². The molecular formula is C15H20N6O. The molecule has 0 aromatic carbocycles. The fourth-order valence-electron chi connectivity index (χ4n) is 1.76. The van der Waals surface area contributed by atoms with Crippen LogP contribution in [0.15, 0.2) is 36.9 Å². The van der Waals surface area contributed by atoms with E-state index in [4.69, 9.17) is 0 Å². The van der Waals surface area contributed by atoms with E-state index in [9.17, 15) is 4.79 Å². The minimum atomic E-state index is -0.200. The first-order valence-corrected chi connectivity index (χ1v) is 7.03. The van der Waals surface area contributed by atoms with Crippen LogP contribution in [0, 0.1) is 0 Å². The molecule has 7 nitrogen and oxygen atoms in total. The van der Waals surface area contributed by atoms with Gasteiger partial charge in [0.05, 0.1) is 0 Å². The Hall–Kier alpha value is -2.54. The quantitative estimate of drug-likeness (QED) is 0.786.